The molecule has 0 saturated heterocycles. The fourth-order valence-electron chi connectivity index (χ4n) is 2.24. The van der Waals surface area contributed by atoms with Gasteiger partial charge in [-0.05, 0) is 46.5 Å². The Hall–Kier alpha value is -1.59. The minimum Gasteiger partial charge on any atom is -0.444 e. The SMILES string of the molecule is CN(C)C=NC(=O)C1CCC(NC(=O)OC(C)(C)C)CC1. The first kappa shape index (κ1) is 17.5. The molecule has 2 amide bonds. The van der Waals surface area contributed by atoms with E-state index in [4.69, 9.17) is 4.74 Å². The summed E-state index contributed by atoms with van der Waals surface area (Å²) in [5, 5.41) is 2.87. The molecule has 1 fully saturated rings. The van der Waals surface area contributed by atoms with Gasteiger partial charge in [-0.1, -0.05) is 0 Å². The van der Waals surface area contributed by atoms with Gasteiger partial charge in [0.05, 0.1) is 6.34 Å². The third-order valence-electron chi connectivity index (χ3n) is 3.21. The summed E-state index contributed by atoms with van der Waals surface area (Å²) in [5.41, 5.74) is -0.488. The van der Waals surface area contributed by atoms with E-state index < -0.39 is 5.60 Å². The van der Waals surface area contributed by atoms with Crippen LogP contribution in [0.4, 0.5) is 4.79 Å². The lowest BCUT2D eigenvalue weighted by Gasteiger charge is -2.28. The van der Waals surface area contributed by atoms with Gasteiger partial charge < -0.3 is 15.0 Å². The number of carbonyl (C=O) groups is 2. The second-order valence-electron chi connectivity index (χ2n) is 6.74. The Morgan fingerprint density at radius 2 is 1.76 bits per heavy atom. The largest absolute Gasteiger partial charge is 0.444 e. The van der Waals surface area contributed by atoms with Crippen LogP contribution in [0.1, 0.15) is 46.5 Å². The van der Waals surface area contributed by atoms with E-state index in [-0.39, 0.29) is 24.0 Å². The topological polar surface area (TPSA) is 71.0 Å². The molecule has 1 rings (SSSR count). The van der Waals surface area contributed by atoms with E-state index in [1.807, 2.05) is 34.9 Å². The van der Waals surface area contributed by atoms with Gasteiger partial charge in [-0.25, -0.2) is 9.79 Å². The molecule has 6 heteroatoms. The Bertz CT molecular complexity index is 391. The lowest BCUT2D eigenvalue weighted by Crippen LogP contribution is -2.41. The van der Waals surface area contributed by atoms with E-state index in [0.717, 1.165) is 25.7 Å². The van der Waals surface area contributed by atoms with Crippen LogP contribution in [-0.4, -0.2) is 49.0 Å². The quantitative estimate of drug-likeness (QED) is 0.640. The highest BCUT2D eigenvalue weighted by molar-refractivity contribution is 5.86. The van der Waals surface area contributed by atoms with Gasteiger partial charge in [-0.3, -0.25) is 4.79 Å². The molecule has 0 aliphatic heterocycles. The monoisotopic (exact) mass is 297 g/mol. The zero-order chi connectivity index (χ0) is 16.0. The molecule has 0 aromatic carbocycles. The maximum Gasteiger partial charge on any atom is 0.407 e. The van der Waals surface area contributed by atoms with E-state index in [0.29, 0.717) is 0 Å². The molecular formula is C15H27N3O3. The van der Waals surface area contributed by atoms with Crippen LogP contribution in [0.5, 0.6) is 0 Å². The molecule has 1 saturated carbocycles. The lowest BCUT2D eigenvalue weighted by molar-refractivity contribution is -0.122. The van der Waals surface area contributed by atoms with Crippen LogP contribution < -0.4 is 5.32 Å². The second kappa shape index (κ2) is 7.43. The summed E-state index contributed by atoms with van der Waals surface area (Å²) in [5.74, 6) is -0.0997. The fourth-order valence-corrected chi connectivity index (χ4v) is 2.24. The Balaban J connectivity index is 2.35. The molecule has 0 spiro atoms. The number of carbonyl (C=O) groups excluding carboxylic acids is 2. The lowest BCUT2D eigenvalue weighted by atomic mass is 9.85. The van der Waals surface area contributed by atoms with Crippen LogP contribution in [0.3, 0.4) is 0 Å². The van der Waals surface area contributed by atoms with Gasteiger partial charge in [0.2, 0.25) is 5.91 Å². The Labute approximate surface area is 126 Å². The standard InChI is InChI=1S/C15H27N3O3/c1-15(2,3)21-14(20)17-12-8-6-11(7-9-12)13(19)16-10-18(4)5/h10-12H,6-9H2,1-5H3,(H,17,20). The number of nitrogens with one attached hydrogen (secondary N) is 1. The summed E-state index contributed by atoms with van der Waals surface area (Å²) in [4.78, 5) is 29.2. The Morgan fingerprint density at radius 1 is 1.19 bits per heavy atom. The van der Waals surface area contributed by atoms with E-state index in [2.05, 4.69) is 10.3 Å². The summed E-state index contributed by atoms with van der Waals surface area (Å²) in [6.07, 6.45) is 4.23. The van der Waals surface area contributed by atoms with E-state index >= 15 is 0 Å². The fraction of sp³-hybridized carbons (Fsp3) is 0.800. The molecule has 120 valence electrons. The van der Waals surface area contributed by atoms with Crippen LogP contribution in [0, 0.1) is 5.92 Å². The van der Waals surface area contributed by atoms with E-state index in [1.54, 1.807) is 4.90 Å². The number of rotatable bonds is 3. The Morgan fingerprint density at radius 3 is 2.24 bits per heavy atom. The third kappa shape index (κ3) is 7.11. The first-order chi connectivity index (χ1) is 9.67. The van der Waals surface area contributed by atoms with Crippen molar-refractivity contribution in [2.75, 3.05) is 14.1 Å². The molecule has 0 heterocycles. The number of hydrogen-bond acceptors (Lipinski definition) is 3. The molecule has 1 N–H and O–H groups in total. The van der Waals surface area contributed by atoms with Crippen molar-refractivity contribution >= 4 is 18.3 Å². The first-order valence-electron chi connectivity index (χ1n) is 7.41. The number of ether oxygens (including phenoxy) is 1. The summed E-state index contributed by atoms with van der Waals surface area (Å²) in [6.45, 7) is 5.51. The predicted octanol–water partition coefficient (Wildman–Crippen LogP) is 2.19. The van der Waals surface area contributed by atoms with Crippen LogP contribution in [0.2, 0.25) is 0 Å². The van der Waals surface area contributed by atoms with Crippen molar-refractivity contribution in [1.82, 2.24) is 10.2 Å². The molecule has 0 aromatic heterocycles. The molecule has 21 heavy (non-hydrogen) atoms. The highest BCUT2D eigenvalue weighted by Crippen LogP contribution is 2.25. The first-order valence-corrected chi connectivity index (χ1v) is 7.41. The molecule has 0 aromatic rings. The molecule has 0 unspecified atom stereocenters. The van der Waals surface area contributed by atoms with Crippen molar-refractivity contribution < 1.29 is 14.3 Å². The molecule has 1 aliphatic rings. The average molecular weight is 297 g/mol. The van der Waals surface area contributed by atoms with Crippen LogP contribution in [-0.2, 0) is 9.53 Å². The van der Waals surface area contributed by atoms with Gasteiger partial charge in [0.1, 0.15) is 5.60 Å². The molecule has 0 atom stereocenters. The van der Waals surface area contributed by atoms with Crippen molar-refractivity contribution in [3.05, 3.63) is 0 Å². The highest BCUT2D eigenvalue weighted by Gasteiger charge is 2.28. The van der Waals surface area contributed by atoms with Crippen molar-refractivity contribution in [2.24, 2.45) is 10.9 Å². The van der Waals surface area contributed by atoms with Crippen molar-refractivity contribution in [3.8, 4) is 0 Å². The molecule has 1 aliphatic carbocycles. The zero-order valence-electron chi connectivity index (χ0n) is 13.7. The van der Waals surface area contributed by atoms with E-state index in [9.17, 15) is 9.59 Å². The molecule has 0 bridgehead atoms. The van der Waals surface area contributed by atoms with Crippen LogP contribution in [0.15, 0.2) is 4.99 Å². The summed E-state index contributed by atoms with van der Waals surface area (Å²) in [6, 6.07) is 0.0849. The smallest absolute Gasteiger partial charge is 0.407 e. The Kier molecular flexibility index (Phi) is 6.18. The minimum absolute atomic E-state index is 0.0297. The number of nitrogens with zero attached hydrogens (tertiary/aromatic N) is 2. The normalized spacial score (nSPS) is 22.9. The van der Waals surface area contributed by atoms with E-state index in [1.165, 1.54) is 6.34 Å². The molecular weight excluding hydrogens is 270 g/mol. The molecule has 0 radical (unpaired) electrons. The number of hydrogen-bond donors (Lipinski definition) is 1. The highest BCUT2D eigenvalue weighted by atomic mass is 16.6. The van der Waals surface area contributed by atoms with Crippen LogP contribution >= 0.6 is 0 Å². The van der Waals surface area contributed by atoms with Gasteiger partial charge in [0, 0.05) is 26.1 Å². The van der Waals surface area contributed by atoms with Gasteiger partial charge >= 0.3 is 6.09 Å². The third-order valence-corrected chi connectivity index (χ3v) is 3.21. The van der Waals surface area contributed by atoms with Gasteiger partial charge in [-0.15, -0.1) is 0 Å². The summed E-state index contributed by atoms with van der Waals surface area (Å²) < 4.78 is 5.23. The second-order valence-corrected chi connectivity index (χ2v) is 6.74. The van der Waals surface area contributed by atoms with Gasteiger partial charge in [-0.2, -0.15) is 0 Å². The summed E-state index contributed by atoms with van der Waals surface area (Å²) >= 11 is 0. The average Bonchev–Trinajstić information content (AvgIpc) is 2.34. The zero-order valence-corrected chi connectivity index (χ0v) is 13.7. The number of amides is 2. The predicted molar refractivity (Wildman–Crippen MR) is 82.3 cm³/mol. The summed E-state index contributed by atoms with van der Waals surface area (Å²) in [7, 11) is 3.66. The van der Waals surface area contributed by atoms with Crippen molar-refractivity contribution in [2.45, 2.75) is 58.1 Å². The van der Waals surface area contributed by atoms with Crippen molar-refractivity contribution in [3.63, 3.8) is 0 Å². The number of alkyl carbamates (subject to hydrolysis) is 1. The maximum absolute atomic E-state index is 11.9. The van der Waals surface area contributed by atoms with Gasteiger partial charge in [0.15, 0.2) is 0 Å². The maximum atomic E-state index is 11.9. The molecule has 6 nitrogen and oxygen atoms in total. The number of aliphatic imine (C=N–C) groups is 1. The van der Waals surface area contributed by atoms with Crippen molar-refractivity contribution in [1.29, 1.82) is 0 Å². The minimum atomic E-state index is -0.488. The van der Waals surface area contributed by atoms with Gasteiger partial charge in [0.25, 0.3) is 0 Å². The van der Waals surface area contributed by atoms with Crippen LogP contribution in [0.25, 0.3) is 0 Å².